The van der Waals surface area contributed by atoms with Crippen molar-refractivity contribution in [1.29, 1.82) is 0 Å². The molecule has 15 heavy (non-hydrogen) atoms. The lowest BCUT2D eigenvalue weighted by molar-refractivity contribution is -0.296. The van der Waals surface area contributed by atoms with Crippen LogP contribution in [0.4, 0.5) is 0 Å². The fourth-order valence-corrected chi connectivity index (χ4v) is 1.43. The summed E-state index contributed by atoms with van der Waals surface area (Å²) in [4.78, 5) is 25.6. The van der Waals surface area contributed by atoms with E-state index in [-0.39, 0.29) is 5.56 Å². The zero-order valence-corrected chi connectivity index (χ0v) is 7.64. The van der Waals surface area contributed by atoms with Crippen molar-refractivity contribution in [3.63, 3.8) is 0 Å². The summed E-state index contributed by atoms with van der Waals surface area (Å²) in [6, 6.07) is 6.43. The van der Waals surface area contributed by atoms with Gasteiger partial charge in [-0.2, -0.15) is 0 Å². The normalized spacial score (nSPS) is 10.1. The summed E-state index contributed by atoms with van der Waals surface area (Å²) in [6.45, 7) is 0. The van der Waals surface area contributed by atoms with Gasteiger partial charge in [0, 0.05) is 23.3 Å². The Morgan fingerprint density at radius 3 is 2.73 bits per heavy atom. The summed E-state index contributed by atoms with van der Waals surface area (Å²) < 4.78 is 0. The van der Waals surface area contributed by atoms with Gasteiger partial charge in [-0.3, -0.25) is 9.78 Å². The van der Waals surface area contributed by atoms with Crippen LogP contribution in [0.25, 0.3) is 10.8 Å². The number of ketones is 1. The molecule has 0 bridgehead atoms. The lowest BCUT2D eigenvalue weighted by Crippen LogP contribution is -2.31. The SMILES string of the molecule is O=C([O-])C(=O)c1cccc2cnccc12. The molecule has 0 unspecified atom stereocenters. The van der Waals surface area contributed by atoms with E-state index in [0.717, 1.165) is 5.39 Å². The number of pyridine rings is 1. The highest BCUT2D eigenvalue weighted by molar-refractivity contribution is 6.41. The number of hydrogen-bond acceptors (Lipinski definition) is 4. The number of carboxylic acids is 1. The van der Waals surface area contributed by atoms with Crippen molar-refractivity contribution in [2.75, 3.05) is 0 Å². The molecule has 4 heteroatoms. The van der Waals surface area contributed by atoms with Crippen LogP contribution in [-0.2, 0) is 4.79 Å². The third-order valence-electron chi connectivity index (χ3n) is 2.11. The molecular weight excluding hydrogens is 194 g/mol. The number of fused-ring (bicyclic) bond motifs is 1. The minimum absolute atomic E-state index is 0.134. The molecule has 0 saturated carbocycles. The smallest absolute Gasteiger partial charge is 0.209 e. The van der Waals surface area contributed by atoms with Gasteiger partial charge in [0.2, 0.25) is 5.78 Å². The van der Waals surface area contributed by atoms with Crippen molar-refractivity contribution in [3.05, 3.63) is 42.2 Å². The van der Waals surface area contributed by atoms with Crippen LogP contribution in [0.3, 0.4) is 0 Å². The highest BCUT2D eigenvalue weighted by atomic mass is 16.4. The summed E-state index contributed by atoms with van der Waals surface area (Å²) in [5, 5.41) is 11.8. The molecule has 0 radical (unpaired) electrons. The lowest BCUT2D eigenvalue weighted by atomic mass is 10.0. The van der Waals surface area contributed by atoms with Crippen LogP contribution < -0.4 is 5.11 Å². The average molecular weight is 200 g/mol. The molecule has 4 nitrogen and oxygen atoms in total. The van der Waals surface area contributed by atoms with Crippen molar-refractivity contribution >= 4 is 22.5 Å². The molecule has 0 saturated heterocycles. The molecule has 0 aliphatic heterocycles. The third-order valence-corrected chi connectivity index (χ3v) is 2.11. The molecule has 0 fully saturated rings. The fourth-order valence-electron chi connectivity index (χ4n) is 1.43. The van der Waals surface area contributed by atoms with E-state index in [9.17, 15) is 14.7 Å². The number of benzene rings is 1. The van der Waals surface area contributed by atoms with E-state index in [0.29, 0.717) is 5.39 Å². The number of hydrogen-bond donors (Lipinski definition) is 0. The Morgan fingerprint density at radius 1 is 1.20 bits per heavy atom. The zero-order valence-electron chi connectivity index (χ0n) is 7.64. The van der Waals surface area contributed by atoms with Crippen LogP contribution in [0.1, 0.15) is 10.4 Å². The summed E-state index contributed by atoms with van der Waals surface area (Å²) >= 11 is 0. The van der Waals surface area contributed by atoms with Crippen LogP contribution in [0.5, 0.6) is 0 Å². The zero-order chi connectivity index (χ0) is 10.8. The van der Waals surface area contributed by atoms with Crippen LogP contribution in [-0.4, -0.2) is 16.7 Å². The van der Waals surface area contributed by atoms with E-state index >= 15 is 0 Å². The number of rotatable bonds is 2. The van der Waals surface area contributed by atoms with Gasteiger partial charge in [0.15, 0.2) is 0 Å². The minimum Gasteiger partial charge on any atom is -0.541 e. The van der Waals surface area contributed by atoms with Crippen LogP contribution in [0, 0.1) is 0 Å². The molecule has 0 amide bonds. The van der Waals surface area contributed by atoms with Gasteiger partial charge < -0.3 is 9.90 Å². The lowest BCUT2D eigenvalue weighted by Gasteiger charge is -2.05. The Kier molecular flexibility index (Phi) is 2.17. The Bertz CT molecular complexity index is 543. The predicted octanol–water partition coefficient (Wildman–Crippen LogP) is 0.167. The summed E-state index contributed by atoms with van der Waals surface area (Å²) in [7, 11) is 0. The van der Waals surface area contributed by atoms with Crippen LogP contribution >= 0.6 is 0 Å². The topological polar surface area (TPSA) is 70.1 Å². The van der Waals surface area contributed by atoms with Gasteiger partial charge in [0.05, 0.1) is 0 Å². The van der Waals surface area contributed by atoms with Gasteiger partial charge in [0.25, 0.3) is 0 Å². The van der Waals surface area contributed by atoms with Gasteiger partial charge in [-0.25, -0.2) is 0 Å². The maximum Gasteiger partial charge on any atom is 0.209 e. The van der Waals surface area contributed by atoms with E-state index in [2.05, 4.69) is 4.98 Å². The number of carbonyl (C=O) groups excluding carboxylic acids is 2. The number of Topliss-reactive ketones (excluding diaryl/α,β-unsaturated/α-hetero) is 1. The van der Waals surface area contributed by atoms with Gasteiger partial charge in [-0.15, -0.1) is 0 Å². The third kappa shape index (κ3) is 1.57. The van der Waals surface area contributed by atoms with E-state index < -0.39 is 11.8 Å². The van der Waals surface area contributed by atoms with Crippen molar-refractivity contribution in [3.8, 4) is 0 Å². The van der Waals surface area contributed by atoms with E-state index in [1.54, 1.807) is 24.4 Å². The van der Waals surface area contributed by atoms with Crippen molar-refractivity contribution in [2.24, 2.45) is 0 Å². The van der Waals surface area contributed by atoms with Crippen LogP contribution in [0.2, 0.25) is 0 Å². The summed E-state index contributed by atoms with van der Waals surface area (Å²) in [5.74, 6) is -2.70. The number of aromatic nitrogens is 1. The number of aliphatic carboxylic acids is 1. The van der Waals surface area contributed by atoms with E-state index in [1.165, 1.54) is 12.3 Å². The first-order chi connectivity index (χ1) is 7.20. The molecular formula is C11H6NO3-. The van der Waals surface area contributed by atoms with Gasteiger partial charge in [0.1, 0.15) is 5.97 Å². The molecule has 0 N–H and O–H groups in total. The largest absolute Gasteiger partial charge is 0.541 e. The maximum atomic E-state index is 11.3. The van der Waals surface area contributed by atoms with Crippen molar-refractivity contribution < 1.29 is 14.7 Å². The molecule has 0 aliphatic rings. The molecule has 0 spiro atoms. The minimum atomic E-state index is -1.70. The molecule has 0 aliphatic carbocycles. The van der Waals surface area contributed by atoms with E-state index in [4.69, 9.17) is 0 Å². The van der Waals surface area contributed by atoms with Crippen molar-refractivity contribution in [2.45, 2.75) is 0 Å². The standard InChI is InChI=1S/C11H7NO3/c13-10(11(14)15)9-3-1-2-7-6-12-5-4-8(7)9/h1-6H,(H,14,15)/p-1. The van der Waals surface area contributed by atoms with Gasteiger partial charge in [-0.05, 0) is 11.5 Å². The number of carbonyl (C=O) groups is 2. The average Bonchev–Trinajstić information content (AvgIpc) is 2.27. The van der Waals surface area contributed by atoms with Gasteiger partial charge in [-0.1, -0.05) is 18.2 Å². The first-order valence-electron chi connectivity index (χ1n) is 4.28. The molecule has 1 aromatic heterocycles. The highest BCUT2D eigenvalue weighted by Gasteiger charge is 2.09. The molecule has 74 valence electrons. The second kappa shape index (κ2) is 3.49. The second-order valence-electron chi connectivity index (χ2n) is 3.02. The molecule has 1 aromatic carbocycles. The molecule has 2 aromatic rings. The fraction of sp³-hybridized carbons (Fsp3) is 0. The summed E-state index contributed by atoms with van der Waals surface area (Å²) in [5.41, 5.74) is 0.134. The Morgan fingerprint density at radius 2 is 2.00 bits per heavy atom. The summed E-state index contributed by atoms with van der Waals surface area (Å²) in [6.07, 6.45) is 3.08. The van der Waals surface area contributed by atoms with E-state index in [1.807, 2.05) is 0 Å². The Hall–Kier alpha value is -2.23. The van der Waals surface area contributed by atoms with Gasteiger partial charge >= 0.3 is 0 Å². The second-order valence-corrected chi connectivity index (χ2v) is 3.02. The first kappa shape index (κ1) is 9.33. The van der Waals surface area contributed by atoms with Crippen LogP contribution in [0.15, 0.2) is 36.7 Å². The molecule has 2 rings (SSSR count). The Balaban J connectivity index is 2.71. The first-order valence-corrected chi connectivity index (χ1v) is 4.28. The number of nitrogens with zero attached hydrogens (tertiary/aromatic N) is 1. The quantitative estimate of drug-likeness (QED) is 0.511. The monoisotopic (exact) mass is 200 g/mol. The van der Waals surface area contributed by atoms with Crippen molar-refractivity contribution in [1.82, 2.24) is 4.98 Å². The predicted molar refractivity (Wildman–Crippen MR) is 51.1 cm³/mol. The highest BCUT2D eigenvalue weighted by Crippen LogP contribution is 2.17. The Labute approximate surface area is 85.2 Å². The molecule has 1 heterocycles. The number of carboxylic acid groups (broad SMARTS) is 1. The maximum absolute atomic E-state index is 11.3. The molecule has 0 atom stereocenters.